The van der Waals surface area contributed by atoms with E-state index in [1.807, 2.05) is 6.07 Å². The summed E-state index contributed by atoms with van der Waals surface area (Å²) in [4.78, 5) is 7.95. The zero-order valence-corrected chi connectivity index (χ0v) is 11.8. The van der Waals surface area contributed by atoms with Crippen LogP contribution >= 0.6 is 27.5 Å². The van der Waals surface area contributed by atoms with Crippen molar-refractivity contribution in [2.75, 3.05) is 18.2 Å². The van der Waals surface area contributed by atoms with Crippen LogP contribution in [0.5, 0.6) is 5.75 Å². The Kier molecular flexibility index (Phi) is 3.88. The lowest BCUT2D eigenvalue weighted by molar-refractivity contribution is 0.415. The van der Waals surface area contributed by atoms with Gasteiger partial charge in [0.15, 0.2) is 0 Å². The molecular formula is C11H10BrClN4O. The van der Waals surface area contributed by atoms with E-state index >= 15 is 0 Å². The second-order valence-corrected chi connectivity index (χ2v) is 4.60. The number of rotatable bonds is 3. The molecular weight excluding hydrogens is 320 g/mol. The number of hydrogen-bond donors (Lipinski definition) is 2. The summed E-state index contributed by atoms with van der Waals surface area (Å²) in [6.07, 6.45) is 1.38. The van der Waals surface area contributed by atoms with Gasteiger partial charge in [-0.2, -0.15) is 0 Å². The molecule has 7 heteroatoms. The Morgan fingerprint density at radius 2 is 2.17 bits per heavy atom. The summed E-state index contributed by atoms with van der Waals surface area (Å²) in [5.74, 6) is 1.53. The first-order chi connectivity index (χ1) is 8.61. The molecule has 94 valence electrons. The van der Waals surface area contributed by atoms with Crippen molar-refractivity contribution in [2.24, 2.45) is 0 Å². The third-order valence-corrected chi connectivity index (χ3v) is 3.32. The van der Waals surface area contributed by atoms with Gasteiger partial charge in [0.2, 0.25) is 0 Å². The first-order valence-corrected chi connectivity index (χ1v) is 6.15. The maximum atomic E-state index is 5.95. The molecule has 0 aliphatic heterocycles. The molecule has 0 unspecified atom stereocenters. The molecule has 0 aliphatic carbocycles. The van der Waals surface area contributed by atoms with E-state index in [0.29, 0.717) is 26.9 Å². The molecule has 0 atom stereocenters. The third kappa shape index (κ3) is 2.65. The van der Waals surface area contributed by atoms with E-state index < -0.39 is 0 Å². The van der Waals surface area contributed by atoms with Gasteiger partial charge in [0.05, 0.1) is 12.1 Å². The van der Waals surface area contributed by atoms with E-state index in [9.17, 15) is 0 Å². The van der Waals surface area contributed by atoms with Crippen LogP contribution in [0.1, 0.15) is 0 Å². The molecule has 0 spiro atoms. The van der Waals surface area contributed by atoms with Gasteiger partial charge in [-0.15, -0.1) is 0 Å². The van der Waals surface area contributed by atoms with Crippen molar-refractivity contribution in [1.82, 2.24) is 9.97 Å². The first-order valence-electron chi connectivity index (χ1n) is 4.98. The second kappa shape index (κ2) is 5.41. The summed E-state index contributed by atoms with van der Waals surface area (Å²) in [6, 6.07) is 5.32. The van der Waals surface area contributed by atoms with Crippen LogP contribution in [0.2, 0.25) is 5.02 Å². The van der Waals surface area contributed by atoms with Crippen LogP contribution in [0.25, 0.3) is 0 Å². The number of nitrogen functional groups attached to an aromatic ring is 1. The quantitative estimate of drug-likeness (QED) is 0.904. The van der Waals surface area contributed by atoms with E-state index in [2.05, 4.69) is 31.2 Å². The van der Waals surface area contributed by atoms with Crippen molar-refractivity contribution in [3.05, 3.63) is 34.0 Å². The number of methoxy groups -OCH3 is 1. The van der Waals surface area contributed by atoms with Crippen molar-refractivity contribution in [1.29, 1.82) is 0 Å². The lowest BCUT2D eigenvalue weighted by atomic mass is 10.3. The molecule has 0 bridgehead atoms. The molecule has 0 amide bonds. The normalized spacial score (nSPS) is 10.2. The summed E-state index contributed by atoms with van der Waals surface area (Å²) in [6.45, 7) is 0. The highest BCUT2D eigenvalue weighted by atomic mass is 79.9. The fourth-order valence-corrected chi connectivity index (χ4v) is 1.84. The Bertz CT molecular complexity index is 579. The van der Waals surface area contributed by atoms with Crippen LogP contribution in [0, 0.1) is 0 Å². The van der Waals surface area contributed by atoms with Crippen LogP contribution in [0.4, 0.5) is 17.3 Å². The minimum absolute atomic E-state index is 0.369. The summed E-state index contributed by atoms with van der Waals surface area (Å²) >= 11 is 9.27. The van der Waals surface area contributed by atoms with Crippen LogP contribution < -0.4 is 15.8 Å². The van der Waals surface area contributed by atoms with Crippen LogP contribution in [0.15, 0.2) is 29.0 Å². The number of nitrogens with zero attached hydrogens (tertiary/aromatic N) is 2. The van der Waals surface area contributed by atoms with E-state index in [1.165, 1.54) is 6.33 Å². The van der Waals surface area contributed by atoms with Crippen molar-refractivity contribution < 1.29 is 4.74 Å². The zero-order chi connectivity index (χ0) is 13.1. The second-order valence-electron chi connectivity index (χ2n) is 3.40. The number of nitrogens with one attached hydrogen (secondary N) is 1. The maximum Gasteiger partial charge on any atom is 0.150 e. The zero-order valence-electron chi connectivity index (χ0n) is 9.45. The fourth-order valence-electron chi connectivity index (χ4n) is 1.34. The summed E-state index contributed by atoms with van der Waals surface area (Å²) in [5.41, 5.74) is 6.46. The molecule has 2 aromatic rings. The topological polar surface area (TPSA) is 73.1 Å². The molecule has 0 aliphatic rings. The van der Waals surface area contributed by atoms with Gasteiger partial charge < -0.3 is 15.8 Å². The highest BCUT2D eigenvalue weighted by Crippen LogP contribution is 2.31. The van der Waals surface area contributed by atoms with E-state index in [4.69, 9.17) is 22.1 Å². The Labute approximate surface area is 117 Å². The van der Waals surface area contributed by atoms with Gasteiger partial charge in [-0.05, 0) is 28.1 Å². The SMILES string of the molecule is COc1cc(Nc2ncnc(N)c2Br)ccc1Cl. The summed E-state index contributed by atoms with van der Waals surface area (Å²) in [5, 5.41) is 3.64. The number of benzene rings is 1. The van der Waals surface area contributed by atoms with Gasteiger partial charge in [0, 0.05) is 11.8 Å². The predicted octanol–water partition coefficient (Wildman–Crippen LogP) is 3.23. The van der Waals surface area contributed by atoms with E-state index in [-0.39, 0.29) is 0 Å². The Morgan fingerprint density at radius 1 is 1.39 bits per heavy atom. The first kappa shape index (κ1) is 12.9. The number of halogens is 2. The molecule has 2 rings (SSSR count). The van der Waals surface area contributed by atoms with Gasteiger partial charge in [-0.1, -0.05) is 11.6 Å². The molecule has 3 N–H and O–H groups in total. The molecule has 0 radical (unpaired) electrons. The van der Waals surface area contributed by atoms with E-state index in [0.717, 1.165) is 5.69 Å². The number of hydrogen-bond acceptors (Lipinski definition) is 5. The molecule has 1 heterocycles. The maximum absolute atomic E-state index is 5.95. The van der Waals surface area contributed by atoms with Crippen LogP contribution in [0.3, 0.4) is 0 Å². The molecule has 18 heavy (non-hydrogen) atoms. The Morgan fingerprint density at radius 3 is 2.89 bits per heavy atom. The number of anilines is 3. The Hall–Kier alpha value is -1.53. The molecule has 1 aromatic heterocycles. The predicted molar refractivity (Wildman–Crippen MR) is 75.4 cm³/mol. The average molecular weight is 330 g/mol. The largest absolute Gasteiger partial charge is 0.495 e. The molecule has 5 nitrogen and oxygen atoms in total. The Balaban J connectivity index is 2.31. The smallest absolute Gasteiger partial charge is 0.150 e. The van der Waals surface area contributed by atoms with Crippen LogP contribution in [-0.4, -0.2) is 17.1 Å². The van der Waals surface area contributed by atoms with E-state index in [1.54, 1.807) is 19.2 Å². The van der Waals surface area contributed by atoms with Gasteiger partial charge in [-0.25, -0.2) is 9.97 Å². The fraction of sp³-hybridized carbons (Fsp3) is 0.0909. The van der Waals surface area contributed by atoms with Crippen molar-refractivity contribution in [2.45, 2.75) is 0 Å². The summed E-state index contributed by atoms with van der Waals surface area (Å²) in [7, 11) is 1.56. The number of aromatic nitrogens is 2. The highest BCUT2D eigenvalue weighted by Gasteiger charge is 2.07. The van der Waals surface area contributed by atoms with Crippen molar-refractivity contribution >= 4 is 44.9 Å². The molecule has 0 saturated heterocycles. The van der Waals surface area contributed by atoms with Gasteiger partial charge >= 0.3 is 0 Å². The molecule has 0 saturated carbocycles. The molecule has 1 aromatic carbocycles. The average Bonchev–Trinajstić information content (AvgIpc) is 2.37. The summed E-state index contributed by atoms with van der Waals surface area (Å²) < 4.78 is 5.75. The number of nitrogens with two attached hydrogens (primary N) is 1. The monoisotopic (exact) mass is 328 g/mol. The van der Waals surface area contributed by atoms with Gasteiger partial charge in [0.25, 0.3) is 0 Å². The number of ether oxygens (including phenoxy) is 1. The van der Waals surface area contributed by atoms with Crippen molar-refractivity contribution in [3.63, 3.8) is 0 Å². The van der Waals surface area contributed by atoms with Gasteiger partial charge in [0.1, 0.15) is 28.2 Å². The standard InChI is InChI=1S/C11H10BrClN4O/c1-18-8-4-6(2-3-7(8)13)17-11-9(12)10(14)15-5-16-11/h2-5H,1H3,(H3,14,15,16,17). The molecule has 0 fully saturated rings. The lowest BCUT2D eigenvalue weighted by Gasteiger charge is -2.10. The minimum atomic E-state index is 0.369. The third-order valence-electron chi connectivity index (χ3n) is 2.23. The highest BCUT2D eigenvalue weighted by molar-refractivity contribution is 9.10. The minimum Gasteiger partial charge on any atom is -0.495 e. The van der Waals surface area contributed by atoms with Gasteiger partial charge in [-0.3, -0.25) is 0 Å². The van der Waals surface area contributed by atoms with Crippen molar-refractivity contribution in [3.8, 4) is 5.75 Å². The lowest BCUT2D eigenvalue weighted by Crippen LogP contribution is -2.00. The van der Waals surface area contributed by atoms with Crippen LogP contribution in [-0.2, 0) is 0 Å².